The molecule has 1 aliphatic carbocycles. The lowest BCUT2D eigenvalue weighted by atomic mass is 10.2. The monoisotopic (exact) mass is 417 g/mol. The summed E-state index contributed by atoms with van der Waals surface area (Å²) in [5, 5.41) is 7.94. The molecule has 1 aliphatic rings. The number of nitrogens with one attached hydrogen (secondary N) is 1. The van der Waals surface area contributed by atoms with E-state index in [1.54, 1.807) is 10.9 Å². The van der Waals surface area contributed by atoms with Crippen LogP contribution < -0.4 is 5.32 Å². The van der Waals surface area contributed by atoms with Crippen molar-refractivity contribution in [2.45, 2.75) is 32.4 Å². The van der Waals surface area contributed by atoms with Crippen LogP contribution in [0.4, 0.5) is 5.13 Å². The fourth-order valence-electron chi connectivity index (χ4n) is 3.68. The van der Waals surface area contributed by atoms with E-state index in [0.717, 1.165) is 34.2 Å². The van der Waals surface area contributed by atoms with Crippen LogP contribution in [0.2, 0.25) is 0 Å². The molecule has 30 heavy (non-hydrogen) atoms. The average molecular weight is 418 g/mol. The lowest BCUT2D eigenvalue weighted by Crippen LogP contribution is -2.19. The highest BCUT2D eigenvalue weighted by atomic mass is 32.1. The highest BCUT2D eigenvalue weighted by Crippen LogP contribution is 2.30. The standard InChI is InChI=1S/C23H23N5OS/c1-15-19(13-24-28(15)18-6-4-3-5-7-18)22(29)26-23-25-20-11-8-16(12-21(20)30-23)14-27(2)17-9-10-17/h3-8,11-13,17H,9-10,14H2,1-2H3,(H,25,26,29). The van der Waals surface area contributed by atoms with Gasteiger partial charge in [0, 0.05) is 12.6 Å². The van der Waals surface area contributed by atoms with Crippen molar-refractivity contribution in [2.24, 2.45) is 0 Å². The number of hydrogen-bond donors (Lipinski definition) is 1. The second kappa shape index (κ2) is 7.66. The summed E-state index contributed by atoms with van der Waals surface area (Å²) in [4.78, 5) is 19.8. The number of carbonyl (C=O) groups is 1. The van der Waals surface area contributed by atoms with Gasteiger partial charge in [-0.1, -0.05) is 35.6 Å². The van der Waals surface area contributed by atoms with E-state index in [1.807, 2.05) is 43.3 Å². The Kier molecular flexibility index (Phi) is 4.84. The van der Waals surface area contributed by atoms with Crippen LogP contribution in [0.3, 0.4) is 0 Å². The molecule has 0 atom stereocenters. The van der Waals surface area contributed by atoms with Gasteiger partial charge in [0.15, 0.2) is 5.13 Å². The Balaban J connectivity index is 1.34. The lowest BCUT2D eigenvalue weighted by Gasteiger charge is -2.15. The number of para-hydroxylation sites is 1. The quantitative estimate of drug-likeness (QED) is 0.497. The van der Waals surface area contributed by atoms with Crippen LogP contribution in [0.5, 0.6) is 0 Å². The average Bonchev–Trinajstić information content (AvgIpc) is 3.42. The third-order valence-corrected chi connectivity index (χ3v) is 6.46. The Bertz CT molecular complexity index is 1210. The summed E-state index contributed by atoms with van der Waals surface area (Å²) in [7, 11) is 2.18. The van der Waals surface area contributed by atoms with E-state index in [4.69, 9.17) is 0 Å². The maximum Gasteiger partial charge on any atom is 0.260 e. The number of benzene rings is 2. The zero-order valence-corrected chi connectivity index (χ0v) is 17.8. The maximum absolute atomic E-state index is 12.8. The number of anilines is 1. The van der Waals surface area contributed by atoms with Gasteiger partial charge >= 0.3 is 0 Å². The molecule has 6 nitrogen and oxygen atoms in total. The number of thiazole rings is 1. The molecule has 0 unspecified atom stereocenters. The fourth-order valence-corrected chi connectivity index (χ4v) is 4.60. The van der Waals surface area contributed by atoms with Gasteiger partial charge in [0.05, 0.1) is 33.4 Å². The van der Waals surface area contributed by atoms with Crippen molar-refractivity contribution in [1.82, 2.24) is 19.7 Å². The summed E-state index contributed by atoms with van der Waals surface area (Å²) in [5.41, 5.74) is 4.45. The van der Waals surface area contributed by atoms with E-state index in [-0.39, 0.29) is 5.91 Å². The minimum absolute atomic E-state index is 0.192. The van der Waals surface area contributed by atoms with E-state index in [9.17, 15) is 4.79 Å². The molecular weight excluding hydrogens is 394 g/mol. The first-order chi connectivity index (χ1) is 14.6. The van der Waals surface area contributed by atoms with Gasteiger partial charge in [-0.15, -0.1) is 0 Å². The van der Waals surface area contributed by atoms with Gasteiger partial charge in [-0.05, 0) is 56.6 Å². The first kappa shape index (κ1) is 19.0. The van der Waals surface area contributed by atoms with Crippen LogP contribution in [-0.2, 0) is 6.54 Å². The Morgan fingerprint density at radius 2 is 2.03 bits per heavy atom. The summed E-state index contributed by atoms with van der Waals surface area (Å²) >= 11 is 1.51. The highest BCUT2D eigenvalue weighted by Gasteiger charge is 2.26. The van der Waals surface area contributed by atoms with Crippen molar-refractivity contribution >= 4 is 32.6 Å². The Morgan fingerprint density at radius 1 is 1.23 bits per heavy atom. The first-order valence-corrected chi connectivity index (χ1v) is 10.9. The number of hydrogen-bond acceptors (Lipinski definition) is 5. The van der Waals surface area contributed by atoms with Crippen molar-refractivity contribution in [2.75, 3.05) is 12.4 Å². The van der Waals surface area contributed by atoms with Crippen molar-refractivity contribution in [3.05, 3.63) is 71.5 Å². The van der Waals surface area contributed by atoms with Gasteiger partial charge < -0.3 is 0 Å². The largest absolute Gasteiger partial charge is 0.299 e. The Morgan fingerprint density at radius 3 is 2.80 bits per heavy atom. The zero-order chi connectivity index (χ0) is 20.7. The molecule has 152 valence electrons. The molecule has 2 aromatic carbocycles. The molecule has 1 saturated carbocycles. The van der Waals surface area contributed by atoms with E-state index in [0.29, 0.717) is 10.7 Å². The summed E-state index contributed by atoms with van der Waals surface area (Å²) in [6, 6.07) is 16.9. The third kappa shape index (κ3) is 3.74. The topological polar surface area (TPSA) is 63.1 Å². The van der Waals surface area contributed by atoms with Crippen LogP contribution in [0.1, 0.15) is 34.5 Å². The van der Waals surface area contributed by atoms with Gasteiger partial charge in [-0.3, -0.25) is 15.0 Å². The van der Waals surface area contributed by atoms with Crippen LogP contribution in [-0.4, -0.2) is 38.7 Å². The predicted molar refractivity (Wildman–Crippen MR) is 120 cm³/mol. The third-order valence-electron chi connectivity index (χ3n) is 5.53. The molecule has 1 fully saturated rings. The minimum Gasteiger partial charge on any atom is -0.299 e. The lowest BCUT2D eigenvalue weighted by molar-refractivity contribution is 0.102. The van der Waals surface area contributed by atoms with Crippen molar-refractivity contribution in [3.8, 4) is 5.69 Å². The first-order valence-electron chi connectivity index (χ1n) is 10.1. The molecule has 0 saturated heterocycles. The molecule has 0 aliphatic heterocycles. The summed E-state index contributed by atoms with van der Waals surface area (Å²) in [6.07, 6.45) is 4.21. The number of rotatable bonds is 6. The molecule has 1 N–H and O–H groups in total. The van der Waals surface area contributed by atoms with Crippen LogP contribution in [0.25, 0.3) is 15.9 Å². The second-order valence-corrected chi connectivity index (χ2v) is 8.84. The van der Waals surface area contributed by atoms with E-state index in [1.165, 1.54) is 29.7 Å². The van der Waals surface area contributed by atoms with Gasteiger partial charge in [-0.2, -0.15) is 5.10 Å². The van der Waals surface area contributed by atoms with Gasteiger partial charge in [-0.25, -0.2) is 9.67 Å². The number of amides is 1. The summed E-state index contributed by atoms with van der Waals surface area (Å²) in [6.45, 7) is 2.84. The van der Waals surface area contributed by atoms with Gasteiger partial charge in [0.2, 0.25) is 0 Å². The molecule has 0 bridgehead atoms. The van der Waals surface area contributed by atoms with Crippen LogP contribution >= 0.6 is 11.3 Å². The molecule has 4 aromatic rings. The van der Waals surface area contributed by atoms with Gasteiger partial charge in [0.1, 0.15) is 0 Å². The second-order valence-electron chi connectivity index (χ2n) is 7.81. The predicted octanol–water partition coefficient (Wildman–Crippen LogP) is 4.64. The normalized spacial score (nSPS) is 13.8. The smallest absolute Gasteiger partial charge is 0.260 e. The molecule has 2 aromatic heterocycles. The van der Waals surface area contributed by atoms with Crippen LogP contribution in [0, 0.1) is 6.92 Å². The van der Waals surface area contributed by atoms with Crippen molar-refractivity contribution in [1.29, 1.82) is 0 Å². The van der Waals surface area contributed by atoms with Crippen molar-refractivity contribution in [3.63, 3.8) is 0 Å². The fraction of sp³-hybridized carbons (Fsp3) is 0.261. The molecule has 1 amide bonds. The Hall–Kier alpha value is -3.03. The highest BCUT2D eigenvalue weighted by molar-refractivity contribution is 7.22. The van der Waals surface area contributed by atoms with E-state index < -0.39 is 0 Å². The zero-order valence-electron chi connectivity index (χ0n) is 17.0. The number of nitrogens with zero attached hydrogens (tertiary/aromatic N) is 4. The summed E-state index contributed by atoms with van der Waals surface area (Å²) < 4.78 is 2.86. The summed E-state index contributed by atoms with van der Waals surface area (Å²) in [5.74, 6) is -0.192. The van der Waals surface area contributed by atoms with E-state index in [2.05, 4.69) is 39.5 Å². The molecule has 7 heteroatoms. The van der Waals surface area contributed by atoms with Crippen molar-refractivity contribution < 1.29 is 4.79 Å². The number of carbonyl (C=O) groups excluding carboxylic acids is 1. The molecule has 2 heterocycles. The molecule has 0 spiro atoms. The SMILES string of the molecule is Cc1c(C(=O)Nc2nc3ccc(CN(C)C4CC4)cc3s2)cnn1-c1ccccc1. The van der Waals surface area contributed by atoms with Gasteiger partial charge in [0.25, 0.3) is 5.91 Å². The number of aromatic nitrogens is 3. The molecular formula is C23H23N5OS. The van der Waals surface area contributed by atoms with E-state index >= 15 is 0 Å². The Labute approximate surface area is 179 Å². The van der Waals surface area contributed by atoms with Crippen LogP contribution in [0.15, 0.2) is 54.7 Å². The molecule has 5 rings (SSSR count). The maximum atomic E-state index is 12.8. The minimum atomic E-state index is -0.192. The molecule has 0 radical (unpaired) electrons. The number of fused-ring (bicyclic) bond motifs is 1.